The van der Waals surface area contributed by atoms with Crippen molar-refractivity contribution in [2.24, 2.45) is 0 Å². The van der Waals surface area contributed by atoms with Crippen molar-refractivity contribution in [1.82, 2.24) is 4.90 Å². The SMILES string of the molecule is Cc1ccc(-c2ccc(OC(=O)CCCCCN3C(=O)c4ccccc4C3=O)cc2)cc1. The average molecular weight is 428 g/mol. The summed E-state index contributed by atoms with van der Waals surface area (Å²) in [5.74, 6) is -0.233. The molecule has 5 nitrogen and oxygen atoms in total. The van der Waals surface area contributed by atoms with E-state index in [-0.39, 0.29) is 17.8 Å². The Bertz CT molecular complexity index is 1100. The van der Waals surface area contributed by atoms with Crippen molar-refractivity contribution in [2.45, 2.75) is 32.6 Å². The second-order valence-electron chi connectivity index (χ2n) is 7.98. The molecule has 1 aliphatic heterocycles. The predicted molar refractivity (Wildman–Crippen MR) is 123 cm³/mol. The first-order valence-corrected chi connectivity index (χ1v) is 10.9. The normalized spacial score (nSPS) is 12.7. The number of esters is 1. The lowest BCUT2D eigenvalue weighted by molar-refractivity contribution is -0.134. The molecule has 0 N–H and O–H groups in total. The zero-order valence-corrected chi connectivity index (χ0v) is 18.0. The van der Waals surface area contributed by atoms with Gasteiger partial charge < -0.3 is 4.74 Å². The van der Waals surface area contributed by atoms with Crippen LogP contribution in [0.5, 0.6) is 5.75 Å². The van der Waals surface area contributed by atoms with Gasteiger partial charge in [-0.25, -0.2) is 0 Å². The molecule has 162 valence electrons. The molecule has 0 spiro atoms. The Morgan fingerprint density at radius 3 is 1.91 bits per heavy atom. The first-order valence-electron chi connectivity index (χ1n) is 10.9. The van der Waals surface area contributed by atoms with Gasteiger partial charge in [-0.3, -0.25) is 19.3 Å². The van der Waals surface area contributed by atoms with Gasteiger partial charge in [0, 0.05) is 13.0 Å². The van der Waals surface area contributed by atoms with Crippen molar-refractivity contribution in [2.75, 3.05) is 6.54 Å². The van der Waals surface area contributed by atoms with E-state index in [2.05, 4.69) is 31.2 Å². The number of nitrogens with zero attached hydrogens (tertiary/aromatic N) is 1. The Hall–Kier alpha value is -3.73. The van der Waals surface area contributed by atoms with Crippen LogP contribution in [0.15, 0.2) is 72.8 Å². The second kappa shape index (κ2) is 9.60. The molecule has 0 unspecified atom stereocenters. The Kier molecular flexibility index (Phi) is 6.45. The van der Waals surface area contributed by atoms with Gasteiger partial charge >= 0.3 is 5.97 Å². The molecule has 0 saturated heterocycles. The molecular formula is C27H25NO4. The fourth-order valence-corrected chi connectivity index (χ4v) is 3.80. The number of carbonyl (C=O) groups is 3. The number of hydrogen-bond acceptors (Lipinski definition) is 4. The highest BCUT2D eigenvalue weighted by molar-refractivity contribution is 6.21. The summed E-state index contributed by atoms with van der Waals surface area (Å²) in [5.41, 5.74) is 4.33. The highest BCUT2D eigenvalue weighted by atomic mass is 16.5. The molecule has 0 fully saturated rings. The van der Waals surface area contributed by atoms with Gasteiger partial charge in [-0.05, 0) is 55.2 Å². The minimum absolute atomic E-state index is 0.237. The number of carbonyl (C=O) groups excluding carboxylic acids is 3. The van der Waals surface area contributed by atoms with Crippen LogP contribution in [0, 0.1) is 6.92 Å². The van der Waals surface area contributed by atoms with Gasteiger partial charge in [-0.2, -0.15) is 0 Å². The van der Waals surface area contributed by atoms with Crippen molar-refractivity contribution >= 4 is 17.8 Å². The van der Waals surface area contributed by atoms with Crippen LogP contribution in [0.2, 0.25) is 0 Å². The molecule has 32 heavy (non-hydrogen) atoms. The van der Waals surface area contributed by atoms with E-state index in [1.165, 1.54) is 10.5 Å². The smallest absolute Gasteiger partial charge is 0.311 e. The summed E-state index contributed by atoms with van der Waals surface area (Å²) in [5, 5.41) is 0. The molecule has 5 heteroatoms. The van der Waals surface area contributed by atoms with Gasteiger partial charge in [0.1, 0.15) is 5.75 Å². The maximum absolute atomic E-state index is 12.3. The van der Waals surface area contributed by atoms with Crippen molar-refractivity contribution in [3.05, 3.63) is 89.5 Å². The van der Waals surface area contributed by atoms with Crippen LogP contribution in [0.1, 0.15) is 52.0 Å². The lowest BCUT2D eigenvalue weighted by atomic mass is 10.0. The summed E-state index contributed by atoms with van der Waals surface area (Å²) in [6, 6.07) is 22.6. The third kappa shape index (κ3) is 4.78. The summed E-state index contributed by atoms with van der Waals surface area (Å²) in [4.78, 5) is 38.1. The largest absolute Gasteiger partial charge is 0.427 e. The highest BCUT2D eigenvalue weighted by Gasteiger charge is 2.34. The van der Waals surface area contributed by atoms with Crippen molar-refractivity contribution < 1.29 is 19.1 Å². The molecule has 3 aromatic carbocycles. The third-order valence-electron chi connectivity index (χ3n) is 5.61. The monoisotopic (exact) mass is 427 g/mol. The van der Waals surface area contributed by atoms with Gasteiger partial charge in [-0.15, -0.1) is 0 Å². The van der Waals surface area contributed by atoms with Crippen LogP contribution in [0.4, 0.5) is 0 Å². The molecule has 0 atom stereocenters. The molecule has 4 rings (SSSR count). The van der Waals surface area contributed by atoms with Crippen LogP contribution in [0.3, 0.4) is 0 Å². The molecule has 0 bridgehead atoms. The van der Waals surface area contributed by atoms with Crippen molar-refractivity contribution in [1.29, 1.82) is 0 Å². The number of benzene rings is 3. The van der Waals surface area contributed by atoms with Crippen molar-refractivity contribution in [3.63, 3.8) is 0 Å². The van der Waals surface area contributed by atoms with Gasteiger partial charge in [0.2, 0.25) is 0 Å². The fourth-order valence-electron chi connectivity index (χ4n) is 3.80. The van der Waals surface area contributed by atoms with E-state index < -0.39 is 0 Å². The van der Waals surface area contributed by atoms with Crippen LogP contribution >= 0.6 is 0 Å². The Balaban J connectivity index is 1.19. The lowest BCUT2D eigenvalue weighted by Gasteiger charge is -2.13. The Morgan fingerprint density at radius 1 is 0.750 bits per heavy atom. The molecule has 0 saturated carbocycles. The molecule has 2 amide bonds. The molecule has 3 aromatic rings. The third-order valence-corrected chi connectivity index (χ3v) is 5.61. The Labute approximate surface area is 187 Å². The highest BCUT2D eigenvalue weighted by Crippen LogP contribution is 2.24. The maximum Gasteiger partial charge on any atom is 0.311 e. The molecular weight excluding hydrogens is 402 g/mol. The van der Waals surface area contributed by atoms with Crippen LogP contribution < -0.4 is 4.74 Å². The number of aryl methyl sites for hydroxylation is 1. The average Bonchev–Trinajstić information content (AvgIpc) is 3.05. The number of ether oxygens (including phenoxy) is 1. The van der Waals surface area contributed by atoms with Gasteiger partial charge in [-0.1, -0.05) is 60.5 Å². The zero-order valence-electron chi connectivity index (χ0n) is 18.0. The van der Waals surface area contributed by atoms with Crippen molar-refractivity contribution in [3.8, 4) is 16.9 Å². The van der Waals surface area contributed by atoms with Gasteiger partial charge in [0.15, 0.2) is 0 Å². The summed E-state index contributed by atoms with van der Waals surface area (Å²) < 4.78 is 5.42. The van der Waals surface area contributed by atoms with E-state index in [0.717, 1.165) is 17.5 Å². The standard InChI is InChI=1S/C27H25NO4/c1-19-10-12-20(13-11-19)21-14-16-22(17-15-21)32-25(29)9-3-2-6-18-28-26(30)23-7-4-5-8-24(23)27(28)31/h4-5,7-8,10-17H,2-3,6,9,18H2,1H3. The topological polar surface area (TPSA) is 63.7 Å². The molecule has 0 aromatic heterocycles. The lowest BCUT2D eigenvalue weighted by Crippen LogP contribution is -2.30. The predicted octanol–water partition coefficient (Wildman–Crippen LogP) is 5.42. The van der Waals surface area contributed by atoms with Crippen LogP contribution in [-0.2, 0) is 4.79 Å². The molecule has 0 aliphatic carbocycles. The maximum atomic E-state index is 12.3. The summed E-state index contributed by atoms with van der Waals surface area (Å²) in [6.07, 6.45) is 2.32. The Morgan fingerprint density at radius 2 is 1.31 bits per heavy atom. The van der Waals surface area contributed by atoms with E-state index in [9.17, 15) is 14.4 Å². The first-order chi connectivity index (χ1) is 15.5. The fraction of sp³-hybridized carbons (Fsp3) is 0.222. The molecule has 1 aliphatic rings. The second-order valence-corrected chi connectivity index (χ2v) is 7.98. The van der Waals surface area contributed by atoms with Crippen LogP contribution in [0.25, 0.3) is 11.1 Å². The summed E-state index contributed by atoms with van der Waals surface area (Å²) >= 11 is 0. The molecule has 1 heterocycles. The number of imide groups is 1. The minimum Gasteiger partial charge on any atom is -0.427 e. The zero-order chi connectivity index (χ0) is 22.5. The van der Waals surface area contributed by atoms with Crippen LogP contribution in [-0.4, -0.2) is 29.2 Å². The quantitative estimate of drug-likeness (QED) is 0.208. The van der Waals surface area contributed by atoms with E-state index in [4.69, 9.17) is 4.74 Å². The van der Waals surface area contributed by atoms with E-state index in [0.29, 0.717) is 42.7 Å². The van der Waals surface area contributed by atoms with Gasteiger partial charge in [0.25, 0.3) is 11.8 Å². The summed E-state index contributed by atoms with van der Waals surface area (Å²) in [6.45, 7) is 2.42. The van der Waals surface area contributed by atoms with E-state index in [1.54, 1.807) is 36.4 Å². The van der Waals surface area contributed by atoms with E-state index >= 15 is 0 Å². The van der Waals surface area contributed by atoms with Gasteiger partial charge in [0.05, 0.1) is 11.1 Å². The number of rotatable bonds is 8. The number of amides is 2. The molecule has 0 radical (unpaired) electrons. The first kappa shape index (κ1) is 21.5. The summed E-state index contributed by atoms with van der Waals surface area (Å²) in [7, 11) is 0. The number of fused-ring (bicyclic) bond motifs is 1. The number of unbranched alkanes of at least 4 members (excludes halogenated alkanes) is 2. The van der Waals surface area contributed by atoms with E-state index in [1.807, 2.05) is 12.1 Å². The number of hydrogen-bond donors (Lipinski definition) is 0. The minimum atomic E-state index is -0.284.